The first kappa shape index (κ1) is 12.0. The van der Waals surface area contributed by atoms with Gasteiger partial charge in [-0.2, -0.15) is 0 Å². The number of anilines is 1. The summed E-state index contributed by atoms with van der Waals surface area (Å²) in [5.74, 6) is 2.88. The summed E-state index contributed by atoms with van der Waals surface area (Å²) in [6.45, 7) is 2.71. The van der Waals surface area contributed by atoms with Crippen LogP contribution in [0, 0.1) is 6.92 Å². The Hall–Kier alpha value is -2.04. The number of ether oxygens (including phenoxy) is 1. The topological polar surface area (TPSA) is 52.0 Å². The first-order valence-electron chi connectivity index (χ1n) is 6.56. The van der Waals surface area contributed by atoms with Gasteiger partial charge < -0.3 is 14.6 Å². The summed E-state index contributed by atoms with van der Waals surface area (Å²) in [6.07, 6.45) is 2.49. The lowest BCUT2D eigenvalue weighted by Gasteiger charge is -2.09. The number of hydrogen-bond acceptors (Lipinski definition) is 4. The van der Waals surface area contributed by atoms with Crippen LogP contribution in [0.25, 0.3) is 0 Å². The van der Waals surface area contributed by atoms with Crippen molar-refractivity contribution in [3.8, 4) is 5.75 Å². The SMILES string of the molecule is COc1ccc(NCc2nnc(C)n2C2CC2)cc1. The molecule has 3 rings (SSSR count). The van der Waals surface area contributed by atoms with Crippen molar-refractivity contribution < 1.29 is 4.74 Å². The van der Waals surface area contributed by atoms with Crippen LogP contribution in [0.1, 0.15) is 30.5 Å². The molecule has 0 radical (unpaired) electrons. The van der Waals surface area contributed by atoms with Gasteiger partial charge in [-0.3, -0.25) is 0 Å². The highest BCUT2D eigenvalue weighted by Gasteiger charge is 2.27. The van der Waals surface area contributed by atoms with E-state index in [9.17, 15) is 0 Å². The molecular weight excluding hydrogens is 240 g/mol. The molecule has 1 fully saturated rings. The highest BCUT2D eigenvalue weighted by Crippen LogP contribution is 2.36. The van der Waals surface area contributed by atoms with Crippen LogP contribution >= 0.6 is 0 Å². The number of aryl methyl sites for hydroxylation is 1. The van der Waals surface area contributed by atoms with Crippen LogP contribution in [0.15, 0.2) is 24.3 Å². The van der Waals surface area contributed by atoms with Crippen LogP contribution in [0.4, 0.5) is 5.69 Å². The zero-order valence-corrected chi connectivity index (χ0v) is 11.3. The van der Waals surface area contributed by atoms with Gasteiger partial charge in [-0.05, 0) is 44.0 Å². The Bertz CT molecular complexity index is 557. The van der Waals surface area contributed by atoms with Crippen LogP contribution in [0.3, 0.4) is 0 Å². The van der Waals surface area contributed by atoms with Gasteiger partial charge in [-0.1, -0.05) is 0 Å². The second-order valence-electron chi connectivity index (χ2n) is 4.85. The van der Waals surface area contributed by atoms with Crippen molar-refractivity contribution in [3.63, 3.8) is 0 Å². The second kappa shape index (κ2) is 4.91. The van der Waals surface area contributed by atoms with E-state index in [4.69, 9.17) is 4.74 Å². The Kier molecular flexibility index (Phi) is 3.11. The fourth-order valence-corrected chi connectivity index (χ4v) is 2.23. The molecule has 1 aliphatic rings. The molecule has 0 spiro atoms. The van der Waals surface area contributed by atoms with Crippen molar-refractivity contribution in [3.05, 3.63) is 35.9 Å². The zero-order valence-electron chi connectivity index (χ0n) is 11.3. The number of methoxy groups -OCH3 is 1. The summed E-state index contributed by atoms with van der Waals surface area (Å²) in [5, 5.41) is 11.8. The minimum atomic E-state index is 0.614. The average molecular weight is 258 g/mol. The van der Waals surface area contributed by atoms with E-state index in [1.54, 1.807) is 7.11 Å². The van der Waals surface area contributed by atoms with Gasteiger partial charge in [0.1, 0.15) is 11.6 Å². The standard InChI is InChI=1S/C14H18N4O/c1-10-16-17-14(18(10)12-5-6-12)9-15-11-3-7-13(19-2)8-4-11/h3-4,7-8,12,15H,5-6,9H2,1-2H3. The number of benzene rings is 1. The van der Waals surface area contributed by atoms with Crippen LogP contribution in [0.2, 0.25) is 0 Å². The molecule has 0 atom stereocenters. The lowest BCUT2D eigenvalue weighted by Crippen LogP contribution is -2.08. The van der Waals surface area contributed by atoms with Crippen molar-refractivity contribution in [2.24, 2.45) is 0 Å². The maximum atomic E-state index is 5.14. The smallest absolute Gasteiger partial charge is 0.152 e. The molecular formula is C14H18N4O. The molecule has 1 saturated carbocycles. The number of nitrogens with one attached hydrogen (secondary N) is 1. The molecule has 0 unspecified atom stereocenters. The molecule has 0 amide bonds. The van der Waals surface area contributed by atoms with Crippen molar-refractivity contribution in [2.45, 2.75) is 32.4 Å². The fourth-order valence-electron chi connectivity index (χ4n) is 2.23. The van der Waals surface area contributed by atoms with Gasteiger partial charge in [0.25, 0.3) is 0 Å². The summed E-state index contributed by atoms with van der Waals surface area (Å²) in [6, 6.07) is 8.51. The molecule has 1 aromatic carbocycles. The van der Waals surface area contributed by atoms with Crippen molar-refractivity contribution in [1.29, 1.82) is 0 Å². The lowest BCUT2D eigenvalue weighted by atomic mass is 10.3. The molecule has 1 aliphatic carbocycles. The highest BCUT2D eigenvalue weighted by molar-refractivity contribution is 5.46. The predicted molar refractivity (Wildman–Crippen MR) is 73.4 cm³/mol. The Morgan fingerprint density at radius 1 is 1.26 bits per heavy atom. The fraction of sp³-hybridized carbons (Fsp3) is 0.429. The minimum Gasteiger partial charge on any atom is -0.497 e. The third-order valence-corrected chi connectivity index (χ3v) is 3.39. The van der Waals surface area contributed by atoms with E-state index >= 15 is 0 Å². The molecule has 0 bridgehead atoms. The first-order chi connectivity index (χ1) is 9.28. The average Bonchev–Trinajstić information content (AvgIpc) is 3.21. The molecule has 100 valence electrons. The molecule has 1 heterocycles. The van der Waals surface area contributed by atoms with Gasteiger partial charge >= 0.3 is 0 Å². The van der Waals surface area contributed by atoms with Gasteiger partial charge in [0.15, 0.2) is 5.82 Å². The van der Waals surface area contributed by atoms with E-state index in [0.29, 0.717) is 12.6 Å². The van der Waals surface area contributed by atoms with Crippen LogP contribution < -0.4 is 10.1 Å². The van der Waals surface area contributed by atoms with Crippen molar-refractivity contribution >= 4 is 5.69 Å². The van der Waals surface area contributed by atoms with Gasteiger partial charge in [-0.15, -0.1) is 10.2 Å². The largest absolute Gasteiger partial charge is 0.497 e. The van der Waals surface area contributed by atoms with E-state index in [1.165, 1.54) is 12.8 Å². The molecule has 1 N–H and O–H groups in total. The van der Waals surface area contributed by atoms with E-state index in [-0.39, 0.29) is 0 Å². The summed E-state index contributed by atoms with van der Waals surface area (Å²) in [4.78, 5) is 0. The third kappa shape index (κ3) is 2.54. The van der Waals surface area contributed by atoms with Crippen LogP contribution in [0.5, 0.6) is 5.75 Å². The van der Waals surface area contributed by atoms with E-state index in [0.717, 1.165) is 23.1 Å². The first-order valence-corrected chi connectivity index (χ1v) is 6.56. The summed E-state index contributed by atoms with van der Waals surface area (Å²) < 4.78 is 7.39. The molecule has 0 saturated heterocycles. The lowest BCUT2D eigenvalue weighted by molar-refractivity contribution is 0.415. The molecule has 2 aromatic rings. The van der Waals surface area contributed by atoms with E-state index < -0.39 is 0 Å². The van der Waals surface area contributed by atoms with E-state index in [1.807, 2.05) is 31.2 Å². The normalized spacial score (nSPS) is 14.4. The second-order valence-corrected chi connectivity index (χ2v) is 4.85. The monoisotopic (exact) mass is 258 g/mol. The quantitative estimate of drug-likeness (QED) is 0.895. The Morgan fingerprint density at radius 2 is 2.00 bits per heavy atom. The van der Waals surface area contributed by atoms with Gasteiger partial charge in [0, 0.05) is 11.7 Å². The Morgan fingerprint density at radius 3 is 2.63 bits per heavy atom. The van der Waals surface area contributed by atoms with Gasteiger partial charge in [0.05, 0.1) is 13.7 Å². The minimum absolute atomic E-state index is 0.614. The van der Waals surface area contributed by atoms with Crippen molar-refractivity contribution in [1.82, 2.24) is 14.8 Å². The van der Waals surface area contributed by atoms with Gasteiger partial charge in [0.2, 0.25) is 0 Å². The predicted octanol–water partition coefficient (Wildman–Crippen LogP) is 2.54. The molecule has 19 heavy (non-hydrogen) atoms. The third-order valence-electron chi connectivity index (χ3n) is 3.39. The highest BCUT2D eigenvalue weighted by atomic mass is 16.5. The van der Waals surface area contributed by atoms with E-state index in [2.05, 4.69) is 20.1 Å². The van der Waals surface area contributed by atoms with Gasteiger partial charge in [-0.25, -0.2) is 0 Å². The molecule has 0 aliphatic heterocycles. The zero-order chi connectivity index (χ0) is 13.2. The number of hydrogen-bond donors (Lipinski definition) is 1. The number of aromatic nitrogens is 3. The molecule has 5 nitrogen and oxygen atoms in total. The number of nitrogens with zero attached hydrogens (tertiary/aromatic N) is 3. The summed E-state index contributed by atoms with van der Waals surface area (Å²) in [7, 11) is 1.67. The maximum absolute atomic E-state index is 5.14. The van der Waals surface area contributed by atoms with Crippen LogP contribution in [-0.2, 0) is 6.54 Å². The van der Waals surface area contributed by atoms with Crippen molar-refractivity contribution in [2.75, 3.05) is 12.4 Å². The maximum Gasteiger partial charge on any atom is 0.152 e. The number of rotatable bonds is 5. The molecule has 5 heteroatoms. The van der Waals surface area contributed by atoms with Crippen LogP contribution in [-0.4, -0.2) is 21.9 Å². The Labute approximate surface area is 112 Å². The summed E-state index contributed by atoms with van der Waals surface area (Å²) in [5.41, 5.74) is 1.06. The summed E-state index contributed by atoms with van der Waals surface area (Å²) >= 11 is 0. The molecule has 1 aromatic heterocycles. The Balaban J connectivity index is 1.68.